The maximum atomic E-state index is 13.7. The van der Waals surface area contributed by atoms with Crippen LogP contribution in [-0.4, -0.2) is 61.9 Å². The largest absolute Gasteiger partial charge is 1.00 e. The number of Topliss-reactive ketones (excluding diaryl/α,β-unsaturated/α-hetero) is 1. The molecule has 298 valence electrons. The number of hydrogen-bond donors (Lipinski definition) is 3. The van der Waals surface area contributed by atoms with E-state index in [1.807, 2.05) is 24.3 Å². The molecule has 5 aromatic carbocycles. The van der Waals surface area contributed by atoms with Gasteiger partial charge in [-0.1, -0.05) is 54.6 Å². The predicted octanol–water partition coefficient (Wildman–Crippen LogP) is -3.87. The maximum Gasteiger partial charge on any atom is 1.00 e. The Bertz CT molecular complexity index is 3110. The van der Waals surface area contributed by atoms with Crippen molar-refractivity contribution in [3.63, 3.8) is 0 Å². The van der Waals surface area contributed by atoms with E-state index in [2.05, 4.69) is 31.3 Å². The topological polar surface area (TPSA) is 305 Å². The van der Waals surface area contributed by atoms with Crippen LogP contribution in [0.25, 0.3) is 23.3 Å². The molecule has 0 heterocycles. The third-order valence-electron chi connectivity index (χ3n) is 8.79. The molecule has 0 unspecified atom stereocenters. The molecule has 0 atom stereocenters. The van der Waals surface area contributed by atoms with Crippen molar-refractivity contribution in [2.45, 2.75) is 9.79 Å². The second kappa shape index (κ2) is 20.2. The standard InChI is InChI=1S/C38H27N7O11S3.3Na/c39-34-33-24(20-32(59(54,55)56)37(38(33)47)45-42-27-14-16-28(17-15-27)57(48,49)50)19-31(58(51,52)53)36(34)44-41-26-12-7-22(8-13-26)21-5-10-25(11-6-21)40-43-35-29-4-2-1-3-23(29)9-18-30(35)46;;;/h1-20,40,42H,39H2,(H,48,49,50)(H,51,52,53)(H,54,55,56);;;/q;3*+1/p-3. The van der Waals surface area contributed by atoms with Gasteiger partial charge in [0.1, 0.15) is 47.5 Å². The molecule has 2 aliphatic rings. The van der Waals surface area contributed by atoms with Gasteiger partial charge in [0.2, 0.25) is 11.6 Å². The molecule has 0 saturated heterocycles. The Hall–Kier alpha value is -4.01. The van der Waals surface area contributed by atoms with Gasteiger partial charge in [0.05, 0.1) is 43.0 Å². The Labute approximate surface area is 420 Å². The van der Waals surface area contributed by atoms with E-state index < -0.39 is 79.0 Å². The van der Waals surface area contributed by atoms with Crippen LogP contribution in [0, 0.1) is 0 Å². The van der Waals surface area contributed by atoms with E-state index in [0.29, 0.717) is 23.4 Å². The van der Waals surface area contributed by atoms with Crippen LogP contribution in [0.4, 0.5) is 28.4 Å². The first-order chi connectivity index (χ1) is 27.9. The van der Waals surface area contributed by atoms with Crippen LogP contribution < -0.4 is 105 Å². The van der Waals surface area contributed by atoms with Crippen molar-refractivity contribution in [1.82, 2.24) is 0 Å². The third-order valence-corrected chi connectivity index (χ3v) is 11.3. The van der Waals surface area contributed by atoms with Crippen LogP contribution in [-0.2, 0) is 35.1 Å². The van der Waals surface area contributed by atoms with Gasteiger partial charge in [-0.3, -0.25) is 20.4 Å². The number of carbonyl (C=O) groups excluding carboxylic acids is 2. The van der Waals surface area contributed by atoms with Gasteiger partial charge in [0, 0.05) is 5.56 Å². The van der Waals surface area contributed by atoms with Crippen LogP contribution in [0.2, 0.25) is 0 Å². The number of nitrogens with two attached hydrogens (primary N) is 1. The van der Waals surface area contributed by atoms with Gasteiger partial charge in [0.15, 0.2) is 0 Å². The molecule has 24 heteroatoms. The molecular formula is C38H24N7Na3O11S3. The van der Waals surface area contributed by atoms with Gasteiger partial charge < -0.3 is 19.4 Å². The first kappa shape index (κ1) is 50.6. The summed E-state index contributed by atoms with van der Waals surface area (Å²) in [6.07, 6.45) is 3.80. The van der Waals surface area contributed by atoms with Crippen molar-refractivity contribution < 1.29 is 137 Å². The zero-order valence-electron chi connectivity index (χ0n) is 32.6. The number of azo groups is 1. The molecule has 0 aromatic heterocycles. The van der Waals surface area contributed by atoms with Gasteiger partial charge in [0.25, 0.3) is 0 Å². The van der Waals surface area contributed by atoms with Gasteiger partial charge >= 0.3 is 88.7 Å². The van der Waals surface area contributed by atoms with Gasteiger partial charge in [-0.15, -0.1) is 5.11 Å². The second-order valence-corrected chi connectivity index (χ2v) is 16.7. The van der Waals surface area contributed by atoms with E-state index in [-0.39, 0.29) is 112 Å². The van der Waals surface area contributed by atoms with Gasteiger partial charge in [-0.25, -0.2) is 25.3 Å². The van der Waals surface area contributed by atoms with Crippen LogP contribution in [0.3, 0.4) is 0 Å². The SMILES string of the molecule is Nc1c(N=Nc2ccc(-c3ccc(NN=C4C(=O)C=Cc5ccccc54)cc3)cc2)c(S(=O)(=O)[O-])cc2c1C(=O)C(=NNc1ccc(S(=O)(=O)[O-])cc1)C(S(=O)(=O)[O-])=C2.[Na+].[Na+].[Na+]. The molecule has 0 spiro atoms. The third kappa shape index (κ3) is 11.2. The van der Waals surface area contributed by atoms with Crippen molar-refractivity contribution in [1.29, 1.82) is 0 Å². The van der Waals surface area contributed by atoms with Crippen LogP contribution in [0.1, 0.15) is 27.0 Å². The van der Waals surface area contributed by atoms with Crippen LogP contribution in [0.5, 0.6) is 0 Å². The van der Waals surface area contributed by atoms with E-state index in [4.69, 9.17) is 5.73 Å². The van der Waals surface area contributed by atoms with Crippen molar-refractivity contribution in [3.8, 4) is 11.1 Å². The van der Waals surface area contributed by atoms with E-state index in [1.54, 1.807) is 42.5 Å². The fourth-order valence-electron chi connectivity index (χ4n) is 5.94. The fourth-order valence-corrected chi connectivity index (χ4v) is 7.71. The summed E-state index contributed by atoms with van der Waals surface area (Å²) >= 11 is 0. The molecule has 62 heavy (non-hydrogen) atoms. The van der Waals surface area contributed by atoms with Crippen LogP contribution >= 0.6 is 0 Å². The summed E-state index contributed by atoms with van der Waals surface area (Å²) in [7, 11) is -15.7. The summed E-state index contributed by atoms with van der Waals surface area (Å²) < 4.78 is 107. The first-order valence-corrected chi connectivity index (χ1v) is 20.9. The number of benzene rings is 5. The van der Waals surface area contributed by atoms with E-state index in [0.717, 1.165) is 41.0 Å². The molecular weight excluding hydrogens is 896 g/mol. The minimum Gasteiger partial charge on any atom is -0.744 e. The quantitative estimate of drug-likeness (QED) is 0.0397. The second-order valence-electron chi connectivity index (χ2n) is 12.6. The maximum absolute atomic E-state index is 13.7. The molecule has 0 radical (unpaired) electrons. The molecule has 0 saturated carbocycles. The number of nitrogens with zero attached hydrogens (tertiary/aromatic N) is 4. The van der Waals surface area contributed by atoms with Crippen LogP contribution in [0.15, 0.2) is 144 Å². The van der Waals surface area contributed by atoms with Gasteiger partial charge in [-0.2, -0.15) is 15.3 Å². The minimum absolute atomic E-state index is 0. The first-order valence-electron chi connectivity index (χ1n) is 16.7. The summed E-state index contributed by atoms with van der Waals surface area (Å²) in [5.41, 5.74) is 12.0. The average molecular weight is 920 g/mol. The van der Waals surface area contributed by atoms with E-state index >= 15 is 0 Å². The zero-order valence-corrected chi connectivity index (χ0v) is 41.1. The number of anilines is 3. The molecule has 4 N–H and O–H groups in total. The predicted molar refractivity (Wildman–Crippen MR) is 213 cm³/mol. The van der Waals surface area contributed by atoms with Crippen molar-refractivity contribution in [2.75, 3.05) is 16.6 Å². The Kier molecular flexibility index (Phi) is 16.5. The molecule has 7 rings (SSSR count). The molecule has 0 amide bonds. The number of hydrazone groups is 2. The number of rotatable bonds is 10. The molecule has 5 aromatic rings. The number of nitrogen functional groups attached to an aromatic ring is 1. The van der Waals surface area contributed by atoms with E-state index in [1.165, 1.54) is 18.2 Å². The minimum atomic E-state index is -5.48. The van der Waals surface area contributed by atoms with E-state index in [9.17, 15) is 48.5 Å². The number of hydrogen-bond acceptors (Lipinski definition) is 18. The summed E-state index contributed by atoms with van der Waals surface area (Å²) in [5.74, 6) is -1.52. The summed E-state index contributed by atoms with van der Waals surface area (Å²) in [4.78, 5) is 23.3. The molecule has 2 aliphatic carbocycles. The number of nitrogens with one attached hydrogen (secondary N) is 2. The number of ketones is 2. The number of allylic oxidation sites excluding steroid dienone is 2. The number of carbonyl (C=O) groups is 2. The molecule has 0 aliphatic heterocycles. The number of fused-ring (bicyclic) bond motifs is 2. The normalized spacial score (nSPS) is 14.9. The Balaban J connectivity index is 0.00000282. The summed E-state index contributed by atoms with van der Waals surface area (Å²) in [6, 6.07) is 25.5. The zero-order chi connectivity index (χ0) is 42.3. The fraction of sp³-hybridized carbons (Fsp3) is 0. The average Bonchev–Trinajstić information content (AvgIpc) is 3.19. The molecule has 0 bridgehead atoms. The smallest absolute Gasteiger partial charge is 0.744 e. The van der Waals surface area contributed by atoms with Crippen molar-refractivity contribution in [2.24, 2.45) is 20.4 Å². The summed E-state index contributed by atoms with van der Waals surface area (Å²) in [5, 5.41) is 15.9. The van der Waals surface area contributed by atoms with Crippen molar-refractivity contribution in [3.05, 3.63) is 136 Å². The van der Waals surface area contributed by atoms with Crippen molar-refractivity contribution >= 4 is 93.9 Å². The Morgan fingerprint density at radius 3 is 1.69 bits per heavy atom. The monoisotopic (exact) mass is 919 g/mol. The molecule has 0 fully saturated rings. The Morgan fingerprint density at radius 1 is 0.581 bits per heavy atom. The molecule has 18 nitrogen and oxygen atoms in total. The van der Waals surface area contributed by atoms with Gasteiger partial charge in [-0.05, 0) is 89.0 Å². The Morgan fingerprint density at radius 2 is 1.13 bits per heavy atom. The summed E-state index contributed by atoms with van der Waals surface area (Å²) in [6.45, 7) is 0.